The van der Waals surface area contributed by atoms with Gasteiger partial charge in [-0.3, -0.25) is 14.9 Å². The van der Waals surface area contributed by atoms with E-state index in [2.05, 4.69) is 0 Å². The molecule has 1 fully saturated rings. The van der Waals surface area contributed by atoms with Crippen LogP contribution in [-0.2, 0) is 11.2 Å². The Kier molecular flexibility index (Phi) is 3.28. The van der Waals surface area contributed by atoms with Gasteiger partial charge in [-0.2, -0.15) is 0 Å². The summed E-state index contributed by atoms with van der Waals surface area (Å²) < 4.78 is 0. The highest BCUT2D eigenvalue weighted by Crippen LogP contribution is 2.43. The van der Waals surface area contributed by atoms with Crippen LogP contribution >= 0.6 is 11.6 Å². The molecule has 2 aliphatic rings. The summed E-state index contributed by atoms with van der Waals surface area (Å²) in [4.78, 5) is 24.0. The maximum absolute atomic E-state index is 12.7. The van der Waals surface area contributed by atoms with Gasteiger partial charge in [0.15, 0.2) is 0 Å². The number of halogens is 1. The molecule has 0 aliphatic heterocycles. The Balaban J connectivity index is 2.17. The van der Waals surface area contributed by atoms with Crippen molar-refractivity contribution in [2.75, 3.05) is 0 Å². The molecule has 0 unspecified atom stereocenters. The van der Waals surface area contributed by atoms with E-state index in [9.17, 15) is 14.9 Å². The largest absolute Gasteiger partial charge is 0.291 e. The molecule has 3 rings (SSSR count). The molecule has 0 aromatic heterocycles. The van der Waals surface area contributed by atoms with Crippen LogP contribution in [0.1, 0.15) is 49.1 Å². The van der Waals surface area contributed by atoms with E-state index >= 15 is 0 Å². The fourth-order valence-electron chi connectivity index (χ4n) is 3.62. The molecule has 4 nitrogen and oxygen atoms in total. The monoisotopic (exact) mass is 293 g/mol. The minimum Gasteiger partial charge on any atom is -0.291 e. The summed E-state index contributed by atoms with van der Waals surface area (Å²) in [5, 5.41) is 12.2. The third-order valence-electron chi connectivity index (χ3n) is 4.67. The molecular weight excluding hydrogens is 278 g/mol. The van der Waals surface area contributed by atoms with Crippen LogP contribution in [0.15, 0.2) is 18.2 Å². The molecule has 0 radical (unpaired) electrons. The number of fused-ring (bicyclic) bond motifs is 4. The van der Waals surface area contributed by atoms with Gasteiger partial charge in [0.2, 0.25) is 5.78 Å². The minimum absolute atomic E-state index is 0.186. The molecule has 2 atom stereocenters. The lowest BCUT2D eigenvalue weighted by Gasteiger charge is -2.36. The van der Waals surface area contributed by atoms with Gasteiger partial charge in [-0.25, -0.2) is 0 Å². The number of nitro groups is 1. The molecule has 0 N–H and O–H groups in total. The quantitative estimate of drug-likeness (QED) is 0.588. The van der Waals surface area contributed by atoms with Crippen molar-refractivity contribution in [3.05, 3.63) is 44.5 Å². The van der Waals surface area contributed by atoms with Crippen molar-refractivity contribution < 1.29 is 9.72 Å². The fourth-order valence-corrected chi connectivity index (χ4v) is 3.82. The molecule has 2 bridgehead atoms. The first kappa shape index (κ1) is 13.6. The van der Waals surface area contributed by atoms with Crippen LogP contribution in [0.3, 0.4) is 0 Å². The van der Waals surface area contributed by atoms with Crippen molar-refractivity contribution in [1.29, 1.82) is 0 Å². The van der Waals surface area contributed by atoms with Gasteiger partial charge < -0.3 is 0 Å². The van der Waals surface area contributed by atoms with Gasteiger partial charge in [0, 0.05) is 16.4 Å². The standard InChI is InChI=1S/C15H16ClNO3/c16-11-5-6-12-10(8-11)9-15(17(19)20)7-3-1-2-4-13(12)14(15)18/h5-6,8,13H,1-4,7,9H2/t13-,15-/m1/s1. The molecule has 0 saturated heterocycles. The maximum atomic E-state index is 12.7. The van der Waals surface area contributed by atoms with Crippen molar-refractivity contribution >= 4 is 17.4 Å². The van der Waals surface area contributed by atoms with Crippen molar-refractivity contribution in [3.63, 3.8) is 0 Å². The first-order valence-corrected chi connectivity index (χ1v) is 7.39. The molecular formula is C15H16ClNO3. The van der Waals surface area contributed by atoms with E-state index in [4.69, 9.17) is 11.6 Å². The maximum Gasteiger partial charge on any atom is 0.283 e. The van der Waals surface area contributed by atoms with E-state index in [1.807, 2.05) is 6.07 Å². The summed E-state index contributed by atoms with van der Waals surface area (Å²) in [7, 11) is 0. The average Bonchev–Trinajstić information content (AvgIpc) is 2.40. The normalized spacial score (nSPS) is 29.2. The van der Waals surface area contributed by atoms with Crippen molar-refractivity contribution in [1.82, 2.24) is 0 Å². The van der Waals surface area contributed by atoms with Crippen molar-refractivity contribution in [2.45, 2.75) is 50.0 Å². The summed E-state index contributed by atoms with van der Waals surface area (Å²) in [5.74, 6) is -0.529. The third-order valence-corrected chi connectivity index (χ3v) is 4.91. The number of nitrogens with zero attached hydrogens (tertiary/aromatic N) is 1. The van der Waals surface area contributed by atoms with Gasteiger partial charge in [0.25, 0.3) is 5.54 Å². The molecule has 0 spiro atoms. The van der Waals surface area contributed by atoms with E-state index in [0.717, 1.165) is 30.4 Å². The lowest BCUT2D eigenvalue weighted by atomic mass is 9.66. The SMILES string of the molecule is O=C1[C@@H]2CCCCC[C@@]1([N+](=O)[O-])Cc1cc(Cl)ccc12. The first-order chi connectivity index (χ1) is 9.54. The smallest absolute Gasteiger partial charge is 0.283 e. The number of benzene rings is 1. The third kappa shape index (κ3) is 1.94. The van der Waals surface area contributed by atoms with Crippen LogP contribution in [0.2, 0.25) is 5.02 Å². The predicted molar refractivity (Wildman–Crippen MR) is 75.7 cm³/mol. The average molecular weight is 294 g/mol. The van der Waals surface area contributed by atoms with Gasteiger partial charge >= 0.3 is 0 Å². The van der Waals surface area contributed by atoms with E-state index in [1.54, 1.807) is 12.1 Å². The second-order valence-electron chi connectivity index (χ2n) is 5.82. The van der Waals surface area contributed by atoms with Gasteiger partial charge in [-0.15, -0.1) is 0 Å². The van der Waals surface area contributed by atoms with E-state index < -0.39 is 5.54 Å². The van der Waals surface area contributed by atoms with E-state index in [0.29, 0.717) is 17.9 Å². The number of Topliss-reactive ketones (excluding diaryl/α,β-unsaturated/α-hetero) is 1. The van der Waals surface area contributed by atoms with Crippen LogP contribution in [0.25, 0.3) is 0 Å². The number of hydrogen-bond acceptors (Lipinski definition) is 3. The summed E-state index contributed by atoms with van der Waals surface area (Å²) in [5.41, 5.74) is 0.391. The highest BCUT2D eigenvalue weighted by Gasteiger charge is 2.56. The van der Waals surface area contributed by atoms with Gasteiger partial charge in [0.1, 0.15) is 0 Å². The van der Waals surface area contributed by atoms with Crippen LogP contribution < -0.4 is 0 Å². The Bertz CT molecular complexity index is 586. The zero-order valence-corrected chi connectivity index (χ0v) is 11.9. The van der Waals surface area contributed by atoms with Gasteiger partial charge in [-0.1, -0.05) is 30.5 Å². The molecule has 5 heteroatoms. The second kappa shape index (κ2) is 4.85. The van der Waals surface area contributed by atoms with Crippen LogP contribution in [-0.4, -0.2) is 16.2 Å². The van der Waals surface area contributed by atoms with E-state index in [-0.39, 0.29) is 23.0 Å². The Morgan fingerprint density at radius 1 is 1.30 bits per heavy atom. The fraction of sp³-hybridized carbons (Fsp3) is 0.533. The Morgan fingerprint density at radius 2 is 2.10 bits per heavy atom. The molecule has 1 aromatic rings. The number of carbonyl (C=O) groups excluding carboxylic acids is 1. The molecule has 2 aliphatic carbocycles. The summed E-state index contributed by atoms with van der Waals surface area (Å²) >= 11 is 6.01. The molecule has 0 heterocycles. The molecule has 106 valence electrons. The number of rotatable bonds is 1. The topological polar surface area (TPSA) is 60.2 Å². The van der Waals surface area contributed by atoms with Gasteiger partial charge in [-0.05, 0) is 36.1 Å². The summed E-state index contributed by atoms with van der Waals surface area (Å²) in [6, 6.07) is 5.42. The lowest BCUT2D eigenvalue weighted by molar-refractivity contribution is -0.554. The Labute approximate surface area is 122 Å². The van der Waals surface area contributed by atoms with Crippen molar-refractivity contribution in [2.24, 2.45) is 0 Å². The van der Waals surface area contributed by atoms with Gasteiger partial charge in [0.05, 0.1) is 12.3 Å². The van der Waals surface area contributed by atoms with Crippen LogP contribution in [0, 0.1) is 10.1 Å². The van der Waals surface area contributed by atoms with Crippen molar-refractivity contribution in [3.8, 4) is 0 Å². The number of hydrogen-bond donors (Lipinski definition) is 0. The second-order valence-corrected chi connectivity index (χ2v) is 6.26. The highest BCUT2D eigenvalue weighted by atomic mass is 35.5. The highest BCUT2D eigenvalue weighted by molar-refractivity contribution is 6.30. The summed E-state index contributed by atoms with van der Waals surface area (Å²) in [6.07, 6.45) is 3.90. The minimum atomic E-state index is -1.43. The first-order valence-electron chi connectivity index (χ1n) is 7.02. The molecule has 1 aromatic carbocycles. The van der Waals surface area contributed by atoms with E-state index in [1.165, 1.54) is 0 Å². The van der Waals surface area contributed by atoms with Crippen LogP contribution in [0.5, 0.6) is 0 Å². The lowest BCUT2D eigenvalue weighted by Crippen LogP contribution is -2.53. The van der Waals surface area contributed by atoms with Crippen LogP contribution in [0.4, 0.5) is 0 Å². The Morgan fingerprint density at radius 3 is 2.85 bits per heavy atom. The molecule has 1 saturated carbocycles. The molecule has 20 heavy (non-hydrogen) atoms. The summed E-state index contributed by atoms with van der Waals surface area (Å²) in [6.45, 7) is 0. The number of carbonyl (C=O) groups is 1. The zero-order chi connectivity index (χ0) is 14.3. The zero-order valence-electron chi connectivity index (χ0n) is 11.1. The molecule has 0 amide bonds. The Hall–Kier alpha value is -1.42. The predicted octanol–water partition coefficient (Wildman–Crippen LogP) is 3.53. The number of ketones is 1.